The van der Waals surface area contributed by atoms with Crippen molar-refractivity contribution in [3.05, 3.63) is 5.36 Å². The minimum Gasteiger partial charge on any atom is -0.391 e. The monoisotopic (exact) mass is 84.1 g/mol. The highest BCUT2D eigenvalue weighted by atomic mass is 14.8. The zero-order chi connectivity index (χ0) is 4.73. The van der Waals surface area contributed by atoms with E-state index in [0.29, 0.717) is 16.7 Å². The molecular formula is C3H6N3+. The molecule has 0 unspecified atom stereocenters. The number of hydrogen-bond acceptors (Lipinski definition) is 2. The van der Waals surface area contributed by atoms with Gasteiger partial charge in [-0.25, -0.2) is 0 Å². The molecule has 0 atom stereocenters. The molecule has 0 saturated heterocycles. The average Bonchev–Trinajstić information content (AvgIpc) is 1.94. The highest BCUT2D eigenvalue weighted by molar-refractivity contribution is 5.75. The lowest BCUT2D eigenvalue weighted by Crippen LogP contribution is -2.39. The molecule has 1 aromatic carbocycles. The molecule has 0 bridgehead atoms. The van der Waals surface area contributed by atoms with Crippen molar-refractivity contribution in [2.24, 2.45) is 0 Å². The van der Waals surface area contributed by atoms with Crippen molar-refractivity contribution < 1.29 is 5.41 Å². The van der Waals surface area contributed by atoms with Gasteiger partial charge < -0.3 is 11.5 Å². The van der Waals surface area contributed by atoms with Gasteiger partial charge in [-0.1, -0.05) is 0 Å². The lowest BCUT2D eigenvalue weighted by molar-refractivity contribution is -0.166. The van der Waals surface area contributed by atoms with Crippen molar-refractivity contribution in [3.8, 4) is 0 Å². The van der Waals surface area contributed by atoms with Crippen LogP contribution in [0, 0.1) is 0 Å². The molecule has 1 aromatic rings. The van der Waals surface area contributed by atoms with E-state index in [2.05, 4.69) is 0 Å². The smallest absolute Gasteiger partial charge is 0.247 e. The van der Waals surface area contributed by atoms with Crippen LogP contribution < -0.4 is 22.2 Å². The van der Waals surface area contributed by atoms with Crippen LogP contribution in [-0.2, 0) is 0 Å². The van der Waals surface area contributed by atoms with Gasteiger partial charge in [-0.2, -0.15) is 0 Å². The summed E-state index contributed by atoms with van der Waals surface area (Å²) < 4.78 is 0. The maximum atomic E-state index is 5.10. The van der Waals surface area contributed by atoms with Crippen LogP contribution in [0.2, 0.25) is 0 Å². The Labute approximate surface area is 34.8 Å². The Morgan fingerprint density at radius 3 is 1.33 bits per heavy atom. The quantitative estimate of drug-likeness (QED) is 0.322. The van der Waals surface area contributed by atoms with Gasteiger partial charge in [-0.15, -0.1) is 0 Å². The molecule has 6 N–H and O–H groups in total. The van der Waals surface area contributed by atoms with E-state index in [0.717, 1.165) is 0 Å². The zero-order valence-electron chi connectivity index (χ0n) is 3.23. The molecule has 6 heavy (non-hydrogen) atoms. The van der Waals surface area contributed by atoms with Gasteiger partial charge in [0.05, 0.1) is 0 Å². The number of hydrogen-bond donors (Lipinski definition) is 3. The molecule has 3 heteroatoms. The predicted molar refractivity (Wildman–Crippen MR) is 22.7 cm³/mol. The van der Waals surface area contributed by atoms with E-state index >= 15 is 0 Å². The molecule has 0 fully saturated rings. The normalized spacial score (nSPS) is 10.0. The minimum atomic E-state index is 0.565. The molecule has 3 nitrogen and oxygen atoms in total. The van der Waals surface area contributed by atoms with E-state index in [-0.39, 0.29) is 0 Å². The molecular weight excluding hydrogens is 78.1 g/mol. The van der Waals surface area contributed by atoms with Crippen LogP contribution in [0.25, 0.3) is 0 Å². The Bertz CT molecular complexity index is 152. The summed E-state index contributed by atoms with van der Waals surface area (Å²) in [7, 11) is 0. The van der Waals surface area contributed by atoms with Crippen LogP contribution in [0.5, 0.6) is 0 Å². The Morgan fingerprint density at radius 1 is 1.17 bits per heavy atom. The third-order valence-corrected chi connectivity index (χ3v) is 0.808. The van der Waals surface area contributed by atoms with Crippen molar-refractivity contribution >= 4 is 11.4 Å². The third-order valence-electron chi connectivity index (χ3n) is 0.808. The van der Waals surface area contributed by atoms with Gasteiger partial charge in [-0.05, 0) is 0 Å². The maximum Gasteiger partial charge on any atom is 0.247 e. The van der Waals surface area contributed by atoms with Gasteiger partial charge in [0.2, 0.25) is 5.36 Å². The molecule has 0 aromatic heterocycles. The average molecular weight is 84.1 g/mol. The minimum absolute atomic E-state index is 0.565. The molecule has 0 aliphatic heterocycles. The molecule has 0 spiro atoms. The van der Waals surface area contributed by atoms with Crippen LogP contribution in [0.3, 0.4) is 0 Å². The Hall–Kier alpha value is -0.990. The molecule has 0 radical (unpaired) electrons. The van der Waals surface area contributed by atoms with E-state index in [9.17, 15) is 0 Å². The van der Waals surface area contributed by atoms with Crippen LogP contribution in [0.1, 0.15) is 0 Å². The van der Waals surface area contributed by atoms with Gasteiger partial charge in [0.1, 0.15) is 11.4 Å². The topological polar surface area (TPSA) is 77.6 Å². The molecule has 0 aliphatic rings. The van der Waals surface area contributed by atoms with E-state index < -0.39 is 0 Å². The Balaban J connectivity index is 3.11. The predicted octanol–water partition coefficient (Wildman–Crippen LogP) is -2.61. The molecule has 1 rings (SSSR count). The summed E-state index contributed by atoms with van der Waals surface area (Å²) >= 11 is 0. The van der Waals surface area contributed by atoms with Gasteiger partial charge in [0, 0.05) is 0 Å². The second-order valence-electron chi connectivity index (χ2n) is 1.24. The van der Waals surface area contributed by atoms with Crippen LogP contribution >= 0.6 is 0 Å². The van der Waals surface area contributed by atoms with E-state index in [4.69, 9.17) is 16.9 Å². The molecule has 0 heterocycles. The van der Waals surface area contributed by atoms with Crippen LogP contribution in [0.15, 0.2) is 0 Å². The summed E-state index contributed by atoms with van der Waals surface area (Å²) in [6.45, 7) is 0. The maximum absolute atomic E-state index is 5.10. The standard InChI is InChI=1S/C3H5N3/c4-1-2(5)3(1)6/h4H,5-6H2/p+1. The van der Waals surface area contributed by atoms with Crippen molar-refractivity contribution in [2.45, 2.75) is 0 Å². The second kappa shape index (κ2) is 0.566. The summed E-state index contributed by atoms with van der Waals surface area (Å²) in [6, 6.07) is 0. The molecule has 32 valence electrons. The fraction of sp³-hybridized carbons (Fsp3) is 0. The lowest BCUT2D eigenvalue weighted by Gasteiger charge is -1.55. The lowest BCUT2D eigenvalue weighted by atomic mass is 10.9. The van der Waals surface area contributed by atoms with Gasteiger partial charge in [0.15, 0.2) is 0 Å². The van der Waals surface area contributed by atoms with Crippen molar-refractivity contribution in [1.82, 2.24) is 0 Å². The largest absolute Gasteiger partial charge is 0.391 e. The van der Waals surface area contributed by atoms with Crippen LogP contribution in [-0.4, -0.2) is 0 Å². The Kier molecular flexibility index (Phi) is 0.303. The summed E-state index contributed by atoms with van der Waals surface area (Å²) in [5, 5.41) is 5.67. The third kappa shape index (κ3) is 0.150. The SMILES string of the molecule is Nc1c(N)c1=[NH2+]. The van der Waals surface area contributed by atoms with Crippen molar-refractivity contribution in [2.75, 3.05) is 11.5 Å². The first kappa shape index (κ1) is 3.21. The van der Waals surface area contributed by atoms with Gasteiger partial charge in [0.25, 0.3) is 0 Å². The highest BCUT2D eigenvalue weighted by Crippen LogP contribution is 2.08. The van der Waals surface area contributed by atoms with E-state index in [1.165, 1.54) is 0 Å². The van der Waals surface area contributed by atoms with E-state index in [1.54, 1.807) is 0 Å². The van der Waals surface area contributed by atoms with E-state index in [1.807, 2.05) is 0 Å². The molecule has 0 amide bonds. The Morgan fingerprint density at radius 2 is 1.33 bits per heavy atom. The highest BCUT2D eigenvalue weighted by Gasteiger charge is 2.14. The van der Waals surface area contributed by atoms with Crippen molar-refractivity contribution in [3.63, 3.8) is 0 Å². The van der Waals surface area contributed by atoms with Crippen molar-refractivity contribution in [1.29, 1.82) is 0 Å². The number of anilines is 2. The first-order valence-electron chi connectivity index (χ1n) is 1.62. The van der Waals surface area contributed by atoms with Crippen LogP contribution in [0.4, 0.5) is 11.4 Å². The molecule has 0 saturated carbocycles. The van der Waals surface area contributed by atoms with Gasteiger partial charge >= 0.3 is 0 Å². The first-order valence-corrected chi connectivity index (χ1v) is 1.62. The summed E-state index contributed by atoms with van der Waals surface area (Å²) in [6.07, 6.45) is 0. The summed E-state index contributed by atoms with van der Waals surface area (Å²) in [5.74, 6) is 0. The zero-order valence-corrected chi connectivity index (χ0v) is 3.23. The van der Waals surface area contributed by atoms with Gasteiger partial charge in [-0.3, -0.25) is 5.41 Å². The fourth-order valence-corrected chi connectivity index (χ4v) is 0.233. The number of nitrogen functional groups attached to an aromatic ring is 2. The fourth-order valence-electron chi connectivity index (χ4n) is 0.233. The first-order chi connectivity index (χ1) is 2.73. The summed E-state index contributed by atoms with van der Waals surface area (Å²) in [4.78, 5) is 0. The summed E-state index contributed by atoms with van der Waals surface area (Å²) in [5.41, 5.74) is 11.3. The second-order valence-corrected chi connectivity index (χ2v) is 1.24. The number of nitrogens with two attached hydrogens (primary N) is 3. The number of rotatable bonds is 0. The molecule has 0 aliphatic carbocycles.